The van der Waals surface area contributed by atoms with Crippen LogP contribution in [0.3, 0.4) is 0 Å². The molecule has 2 aromatic carbocycles. The number of carbonyl (C=O) groups is 1. The fraction of sp³-hybridized carbons (Fsp3) is 0.235. The number of hydrogen-bond donors (Lipinski definition) is 0. The quantitative estimate of drug-likeness (QED) is 0.851. The minimum absolute atomic E-state index is 0.160. The Morgan fingerprint density at radius 3 is 2.55 bits per heavy atom. The van der Waals surface area contributed by atoms with Crippen molar-refractivity contribution in [2.75, 3.05) is 14.1 Å². The summed E-state index contributed by atoms with van der Waals surface area (Å²) in [5.41, 5.74) is 1.03. The van der Waals surface area contributed by atoms with E-state index in [1.165, 1.54) is 11.0 Å². The zero-order valence-corrected chi connectivity index (χ0v) is 13.4. The van der Waals surface area contributed by atoms with Gasteiger partial charge in [0.05, 0.1) is 0 Å². The first-order valence-corrected chi connectivity index (χ1v) is 7.19. The highest BCUT2D eigenvalue weighted by molar-refractivity contribution is 6.31. The predicted molar refractivity (Wildman–Crippen MR) is 85.6 cm³/mol. The average Bonchev–Trinajstić information content (AvgIpc) is 2.46. The average molecular weight is 322 g/mol. The van der Waals surface area contributed by atoms with Gasteiger partial charge in [-0.2, -0.15) is 0 Å². The Morgan fingerprint density at radius 2 is 1.91 bits per heavy atom. The van der Waals surface area contributed by atoms with Crippen molar-refractivity contribution in [3.8, 4) is 16.9 Å². The standard InChI is InChI=1S/C17H17ClFNO2/c1-11(17(21)20(2)3)22-14-9-12(8-13(18)10-14)15-6-4-5-7-16(15)19/h4-11H,1-3H3. The van der Waals surface area contributed by atoms with Crippen LogP contribution in [0.15, 0.2) is 42.5 Å². The highest BCUT2D eigenvalue weighted by Gasteiger charge is 2.17. The molecule has 22 heavy (non-hydrogen) atoms. The Morgan fingerprint density at radius 1 is 1.23 bits per heavy atom. The molecule has 0 saturated carbocycles. The van der Waals surface area contributed by atoms with Crippen molar-refractivity contribution < 1.29 is 13.9 Å². The van der Waals surface area contributed by atoms with E-state index >= 15 is 0 Å². The van der Waals surface area contributed by atoms with E-state index in [9.17, 15) is 9.18 Å². The van der Waals surface area contributed by atoms with Crippen LogP contribution in [0.25, 0.3) is 11.1 Å². The molecule has 0 N–H and O–H groups in total. The normalized spacial score (nSPS) is 11.9. The number of nitrogens with zero attached hydrogens (tertiary/aromatic N) is 1. The molecular weight excluding hydrogens is 305 g/mol. The molecule has 0 aliphatic rings. The molecule has 0 saturated heterocycles. The van der Waals surface area contributed by atoms with Crippen LogP contribution < -0.4 is 4.74 Å². The highest BCUT2D eigenvalue weighted by Crippen LogP contribution is 2.30. The highest BCUT2D eigenvalue weighted by atomic mass is 35.5. The fourth-order valence-corrected chi connectivity index (χ4v) is 2.32. The minimum atomic E-state index is -0.651. The van der Waals surface area contributed by atoms with Gasteiger partial charge in [-0.15, -0.1) is 0 Å². The van der Waals surface area contributed by atoms with E-state index in [4.69, 9.17) is 16.3 Å². The number of likely N-dealkylation sites (N-methyl/N-ethyl adjacent to an activating group) is 1. The second kappa shape index (κ2) is 6.79. The van der Waals surface area contributed by atoms with Gasteiger partial charge in [0.25, 0.3) is 5.91 Å². The molecule has 2 rings (SSSR count). The summed E-state index contributed by atoms with van der Waals surface area (Å²) in [6.07, 6.45) is -0.651. The molecule has 0 aromatic heterocycles. The van der Waals surface area contributed by atoms with Crippen LogP contribution >= 0.6 is 11.6 Å². The number of carbonyl (C=O) groups excluding carboxylic acids is 1. The van der Waals surface area contributed by atoms with Gasteiger partial charge in [0, 0.05) is 24.7 Å². The summed E-state index contributed by atoms with van der Waals surface area (Å²) in [5.74, 6) is -0.0750. The number of halogens is 2. The van der Waals surface area contributed by atoms with E-state index in [2.05, 4.69) is 0 Å². The summed E-state index contributed by atoms with van der Waals surface area (Å²) in [6.45, 7) is 1.66. The number of amides is 1. The zero-order valence-electron chi connectivity index (χ0n) is 12.6. The van der Waals surface area contributed by atoms with Crippen molar-refractivity contribution in [3.05, 3.63) is 53.3 Å². The number of ether oxygens (including phenoxy) is 1. The van der Waals surface area contributed by atoms with Crippen molar-refractivity contribution in [2.24, 2.45) is 0 Å². The summed E-state index contributed by atoms with van der Waals surface area (Å²) < 4.78 is 19.5. The largest absolute Gasteiger partial charge is 0.481 e. The van der Waals surface area contributed by atoms with Crippen LogP contribution in [0.4, 0.5) is 4.39 Å². The smallest absolute Gasteiger partial charge is 0.262 e. The molecule has 0 radical (unpaired) electrons. The topological polar surface area (TPSA) is 29.5 Å². The molecule has 0 aliphatic heterocycles. The number of hydrogen-bond acceptors (Lipinski definition) is 2. The van der Waals surface area contributed by atoms with Crippen molar-refractivity contribution in [3.63, 3.8) is 0 Å². The van der Waals surface area contributed by atoms with Gasteiger partial charge < -0.3 is 9.64 Å². The molecule has 0 fully saturated rings. The second-order valence-corrected chi connectivity index (χ2v) is 5.58. The number of benzene rings is 2. The summed E-state index contributed by atoms with van der Waals surface area (Å²) in [4.78, 5) is 13.3. The van der Waals surface area contributed by atoms with Gasteiger partial charge in [-0.3, -0.25) is 4.79 Å². The first kappa shape index (κ1) is 16.3. The molecule has 0 heterocycles. The fourth-order valence-electron chi connectivity index (χ4n) is 2.10. The molecule has 2 aromatic rings. The van der Waals surface area contributed by atoms with Crippen LogP contribution in [0.1, 0.15) is 6.92 Å². The van der Waals surface area contributed by atoms with Crippen LogP contribution in [0, 0.1) is 5.82 Å². The SMILES string of the molecule is CC(Oc1cc(Cl)cc(-c2ccccc2F)c1)C(=O)N(C)C. The van der Waals surface area contributed by atoms with Gasteiger partial charge in [-0.1, -0.05) is 29.8 Å². The maximum Gasteiger partial charge on any atom is 0.262 e. The van der Waals surface area contributed by atoms with E-state index < -0.39 is 6.10 Å². The molecule has 0 aliphatic carbocycles. The van der Waals surface area contributed by atoms with Crippen LogP contribution in [-0.4, -0.2) is 31.0 Å². The summed E-state index contributed by atoms with van der Waals surface area (Å²) in [5, 5.41) is 0.417. The van der Waals surface area contributed by atoms with Gasteiger partial charge in [0.15, 0.2) is 6.10 Å². The molecule has 0 spiro atoms. The molecular formula is C17H17ClFNO2. The van der Waals surface area contributed by atoms with E-state index in [0.717, 1.165) is 0 Å². The number of rotatable bonds is 4. The van der Waals surface area contributed by atoms with Crippen molar-refractivity contribution in [1.29, 1.82) is 0 Å². The third-order valence-electron chi connectivity index (χ3n) is 3.16. The van der Waals surface area contributed by atoms with E-state index in [-0.39, 0.29) is 11.7 Å². The summed E-state index contributed by atoms with van der Waals surface area (Å²) >= 11 is 6.08. The van der Waals surface area contributed by atoms with Gasteiger partial charge in [-0.25, -0.2) is 4.39 Å². The van der Waals surface area contributed by atoms with Crippen molar-refractivity contribution in [2.45, 2.75) is 13.0 Å². The lowest BCUT2D eigenvalue weighted by atomic mass is 10.0. The third kappa shape index (κ3) is 3.77. The lowest BCUT2D eigenvalue weighted by Crippen LogP contribution is -2.35. The molecule has 116 valence electrons. The van der Waals surface area contributed by atoms with E-state index in [1.807, 2.05) is 0 Å². The molecule has 1 unspecified atom stereocenters. The Bertz CT molecular complexity index is 688. The van der Waals surface area contributed by atoms with Gasteiger partial charge in [0.2, 0.25) is 0 Å². The van der Waals surface area contributed by atoms with Crippen LogP contribution in [0.5, 0.6) is 5.75 Å². The lowest BCUT2D eigenvalue weighted by molar-refractivity contribution is -0.135. The predicted octanol–water partition coefficient (Wildman–Crippen LogP) is 4.00. The maximum absolute atomic E-state index is 13.9. The molecule has 1 amide bonds. The minimum Gasteiger partial charge on any atom is -0.481 e. The van der Waals surface area contributed by atoms with Crippen molar-refractivity contribution in [1.82, 2.24) is 4.90 Å². The van der Waals surface area contributed by atoms with Crippen LogP contribution in [0.2, 0.25) is 5.02 Å². The molecule has 0 bridgehead atoms. The Hall–Kier alpha value is -2.07. The Labute approximate surface area is 134 Å². The molecule has 5 heteroatoms. The van der Waals surface area contributed by atoms with E-state index in [1.54, 1.807) is 57.4 Å². The van der Waals surface area contributed by atoms with Crippen LogP contribution in [-0.2, 0) is 4.79 Å². The van der Waals surface area contributed by atoms with Gasteiger partial charge in [0.1, 0.15) is 11.6 Å². The maximum atomic E-state index is 13.9. The second-order valence-electron chi connectivity index (χ2n) is 5.15. The third-order valence-corrected chi connectivity index (χ3v) is 3.38. The summed E-state index contributed by atoms with van der Waals surface area (Å²) in [6, 6.07) is 11.4. The van der Waals surface area contributed by atoms with E-state index in [0.29, 0.717) is 21.9 Å². The molecule has 3 nitrogen and oxygen atoms in total. The first-order valence-electron chi connectivity index (χ1n) is 6.82. The van der Waals surface area contributed by atoms with Gasteiger partial charge in [-0.05, 0) is 36.8 Å². The Balaban J connectivity index is 2.32. The molecule has 1 atom stereocenters. The first-order chi connectivity index (χ1) is 10.4. The van der Waals surface area contributed by atoms with Crippen molar-refractivity contribution >= 4 is 17.5 Å². The lowest BCUT2D eigenvalue weighted by Gasteiger charge is -2.19. The zero-order chi connectivity index (χ0) is 16.3. The van der Waals surface area contributed by atoms with Gasteiger partial charge >= 0.3 is 0 Å². The Kier molecular flexibility index (Phi) is 5.03. The monoisotopic (exact) mass is 321 g/mol. The summed E-state index contributed by atoms with van der Waals surface area (Å²) in [7, 11) is 3.32.